The van der Waals surface area contributed by atoms with Crippen LogP contribution in [0.1, 0.15) is 30.6 Å². The van der Waals surface area contributed by atoms with E-state index in [0.29, 0.717) is 23.3 Å². The number of aromatic nitrogens is 1. The van der Waals surface area contributed by atoms with Crippen LogP contribution in [0, 0.1) is 6.92 Å². The number of ether oxygens (including phenoxy) is 1. The lowest BCUT2D eigenvalue weighted by atomic mass is 10.00. The average molecular weight is 428 g/mol. The molecule has 0 amide bonds. The minimum absolute atomic E-state index is 0.245. The van der Waals surface area contributed by atoms with Gasteiger partial charge in [-0.15, -0.1) is 11.3 Å². The van der Waals surface area contributed by atoms with Crippen molar-refractivity contribution in [2.75, 3.05) is 26.2 Å². The standard InChI is InChI=1S/C18H25N3O3S3/c1-14-2-3-17(26-14)27(22,23)21-11-4-15(5-12-21)20-9-6-16(7-10-20)24-18-19-8-13-25-18/h2-3,8,13,15-16H,4-7,9-12H2,1H3. The van der Waals surface area contributed by atoms with Crippen LogP contribution >= 0.6 is 22.7 Å². The van der Waals surface area contributed by atoms with E-state index in [1.807, 2.05) is 18.4 Å². The van der Waals surface area contributed by atoms with Gasteiger partial charge in [0.15, 0.2) is 0 Å². The van der Waals surface area contributed by atoms with Crippen molar-refractivity contribution >= 4 is 32.7 Å². The Morgan fingerprint density at radius 3 is 2.44 bits per heavy atom. The van der Waals surface area contributed by atoms with Gasteiger partial charge in [0.1, 0.15) is 10.3 Å². The molecule has 6 nitrogen and oxygen atoms in total. The van der Waals surface area contributed by atoms with E-state index in [2.05, 4.69) is 9.88 Å². The summed E-state index contributed by atoms with van der Waals surface area (Å²) in [4.78, 5) is 7.75. The van der Waals surface area contributed by atoms with Crippen LogP contribution in [0.3, 0.4) is 0 Å². The Labute approximate surface area is 168 Å². The van der Waals surface area contributed by atoms with Crippen molar-refractivity contribution in [1.29, 1.82) is 0 Å². The number of hydrogen-bond acceptors (Lipinski definition) is 7. The molecule has 0 saturated carbocycles. The minimum atomic E-state index is -3.33. The zero-order valence-corrected chi connectivity index (χ0v) is 17.9. The third-order valence-electron chi connectivity index (χ3n) is 5.40. The van der Waals surface area contributed by atoms with Crippen LogP contribution in [0.15, 0.2) is 27.9 Å². The van der Waals surface area contributed by atoms with E-state index < -0.39 is 10.0 Å². The fourth-order valence-corrected chi connectivity index (χ4v) is 7.35. The van der Waals surface area contributed by atoms with Crippen LogP contribution in [0.25, 0.3) is 0 Å². The molecule has 0 bridgehead atoms. The number of hydrogen-bond donors (Lipinski definition) is 0. The first-order chi connectivity index (χ1) is 13.0. The first-order valence-electron chi connectivity index (χ1n) is 9.39. The number of thiophene rings is 1. The largest absolute Gasteiger partial charge is 0.467 e. The highest BCUT2D eigenvalue weighted by molar-refractivity contribution is 7.91. The molecule has 0 N–H and O–H groups in total. The Balaban J connectivity index is 1.27. The van der Waals surface area contributed by atoms with Crippen LogP contribution in [-0.4, -0.2) is 60.9 Å². The number of sulfonamides is 1. The molecule has 4 rings (SSSR count). The lowest BCUT2D eigenvalue weighted by Crippen LogP contribution is -2.50. The van der Waals surface area contributed by atoms with Gasteiger partial charge >= 0.3 is 0 Å². The van der Waals surface area contributed by atoms with Crippen LogP contribution in [0.2, 0.25) is 0 Å². The van der Waals surface area contributed by atoms with Gasteiger partial charge in [-0.25, -0.2) is 13.4 Å². The Morgan fingerprint density at radius 2 is 1.85 bits per heavy atom. The van der Waals surface area contributed by atoms with E-state index >= 15 is 0 Å². The van der Waals surface area contributed by atoms with Gasteiger partial charge in [0.2, 0.25) is 0 Å². The summed E-state index contributed by atoms with van der Waals surface area (Å²) < 4.78 is 33.6. The lowest BCUT2D eigenvalue weighted by molar-refractivity contribution is 0.0584. The summed E-state index contributed by atoms with van der Waals surface area (Å²) in [6.07, 6.45) is 5.84. The highest BCUT2D eigenvalue weighted by atomic mass is 32.2. The van der Waals surface area contributed by atoms with Gasteiger partial charge in [-0.2, -0.15) is 4.31 Å². The summed E-state index contributed by atoms with van der Waals surface area (Å²) in [6, 6.07) is 4.08. The van der Waals surface area contributed by atoms with E-state index in [-0.39, 0.29) is 6.10 Å². The van der Waals surface area contributed by atoms with Gasteiger partial charge in [0.25, 0.3) is 15.2 Å². The maximum absolute atomic E-state index is 12.8. The number of likely N-dealkylation sites (tertiary alicyclic amines) is 1. The number of thiazole rings is 1. The monoisotopic (exact) mass is 427 g/mol. The molecule has 148 valence electrons. The molecular weight excluding hydrogens is 402 g/mol. The quantitative estimate of drug-likeness (QED) is 0.733. The van der Waals surface area contributed by atoms with E-state index in [4.69, 9.17) is 4.74 Å². The van der Waals surface area contributed by atoms with Crippen molar-refractivity contribution in [3.05, 3.63) is 28.6 Å². The van der Waals surface area contributed by atoms with Crippen LogP contribution in [-0.2, 0) is 10.0 Å². The van der Waals surface area contributed by atoms with Crippen molar-refractivity contribution in [2.45, 2.75) is 49.0 Å². The molecule has 9 heteroatoms. The molecule has 0 aromatic carbocycles. The lowest BCUT2D eigenvalue weighted by Gasteiger charge is -2.41. The maximum Gasteiger partial charge on any atom is 0.273 e. The normalized spacial score (nSPS) is 21.5. The van der Waals surface area contributed by atoms with Gasteiger partial charge in [0.05, 0.1) is 0 Å². The fourth-order valence-electron chi connectivity index (χ4n) is 3.90. The molecule has 2 aromatic rings. The molecular formula is C18H25N3O3S3. The molecule has 2 aliphatic rings. The number of piperidine rings is 2. The molecule has 2 saturated heterocycles. The van der Waals surface area contributed by atoms with Gasteiger partial charge in [-0.05, 0) is 44.7 Å². The molecule has 27 heavy (non-hydrogen) atoms. The zero-order valence-electron chi connectivity index (χ0n) is 15.4. The number of rotatable bonds is 5. The smallest absolute Gasteiger partial charge is 0.273 e. The van der Waals surface area contributed by atoms with Crippen molar-refractivity contribution in [2.24, 2.45) is 0 Å². The average Bonchev–Trinajstić information content (AvgIpc) is 3.34. The Hall–Kier alpha value is -1.00. The molecule has 0 unspecified atom stereocenters. The Kier molecular flexibility index (Phi) is 5.84. The summed E-state index contributed by atoms with van der Waals surface area (Å²) in [6.45, 7) is 5.19. The van der Waals surface area contributed by atoms with Crippen molar-refractivity contribution in [3.63, 3.8) is 0 Å². The third kappa shape index (κ3) is 4.37. The Morgan fingerprint density at radius 1 is 1.11 bits per heavy atom. The Bertz CT molecular complexity index is 834. The number of aryl methyl sites for hydroxylation is 1. The van der Waals surface area contributed by atoms with Gasteiger partial charge in [-0.1, -0.05) is 11.3 Å². The van der Waals surface area contributed by atoms with Crippen molar-refractivity contribution in [1.82, 2.24) is 14.2 Å². The van der Waals surface area contributed by atoms with Crippen LogP contribution in [0.5, 0.6) is 5.19 Å². The van der Waals surface area contributed by atoms with Crippen LogP contribution in [0.4, 0.5) is 0 Å². The summed E-state index contributed by atoms with van der Waals surface area (Å²) in [5.74, 6) is 0. The molecule has 4 heterocycles. The second kappa shape index (κ2) is 8.16. The summed E-state index contributed by atoms with van der Waals surface area (Å²) >= 11 is 2.90. The van der Waals surface area contributed by atoms with E-state index in [1.165, 1.54) is 22.7 Å². The molecule has 2 aromatic heterocycles. The topological polar surface area (TPSA) is 62.7 Å². The van der Waals surface area contributed by atoms with Crippen LogP contribution < -0.4 is 4.74 Å². The molecule has 0 spiro atoms. The second-order valence-electron chi connectivity index (χ2n) is 7.15. The van der Waals surface area contributed by atoms with Gasteiger partial charge in [-0.3, -0.25) is 0 Å². The van der Waals surface area contributed by atoms with Crippen molar-refractivity contribution < 1.29 is 13.2 Å². The predicted molar refractivity (Wildman–Crippen MR) is 108 cm³/mol. The van der Waals surface area contributed by atoms with Crippen molar-refractivity contribution in [3.8, 4) is 5.19 Å². The molecule has 2 aliphatic heterocycles. The highest BCUT2D eigenvalue weighted by Gasteiger charge is 2.34. The summed E-state index contributed by atoms with van der Waals surface area (Å²) in [7, 11) is -3.33. The van der Waals surface area contributed by atoms with Gasteiger partial charge in [0, 0.05) is 48.7 Å². The minimum Gasteiger partial charge on any atom is -0.467 e. The van der Waals surface area contributed by atoms with E-state index in [0.717, 1.165) is 48.8 Å². The predicted octanol–water partition coefficient (Wildman–Crippen LogP) is 3.21. The first-order valence-corrected chi connectivity index (χ1v) is 12.5. The van der Waals surface area contributed by atoms with Gasteiger partial charge < -0.3 is 9.64 Å². The first kappa shape index (κ1) is 19.3. The number of nitrogens with zero attached hydrogens (tertiary/aromatic N) is 3. The maximum atomic E-state index is 12.8. The molecule has 2 fully saturated rings. The molecule has 0 atom stereocenters. The molecule has 0 aliphatic carbocycles. The van der Waals surface area contributed by atoms with E-state index in [9.17, 15) is 8.42 Å². The van der Waals surface area contributed by atoms with E-state index in [1.54, 1.807) is 16.6 Å². The summed E-state index contributed by atoms with van der Waals surface area (Å²) in [5, 5.41) is 2.69. The third-order valence-corrected chi connectivity index (χ3v) is 9.43. The second-order valence-corrected chi connectivity index (χ2v) is 11.5. The SMILES string of the molecule is Cc1ccc(S(=O)(=O)N2CCC(N3CCC(Oc4nccs4)CC3)CC2)s1. The summed E-state index contributed by atoms with van der Waals surface area (Å²) in [5.41, 5.74) is 0. The fraction of sp³-hybridized carbons (Fsp3) is 0.611. The zero-order chi connectivity index (χ0) is 18.9. The highest BCUT2D eigenvalue weighted by Crippen LogP contribution is 2.29. The molecule has 0 radical (unpaired) electrons.